The Balaban J connectivity index is 1.74. The molecule has 102 valence electrons. The minimum absolute atomic E-state index is 0.309. The number of aliphatic hydroxyl groups excluding tert-OH is 1. The molecule has 0 amide bonds. The Bertz CT molecular complexity index is 696. The first-order valence-electron chi connectivity index (χ1n) is 6.02. The van der Waals surface area contributed by atoms with Crippen LogP contribution in [0.3, 0.4) is 0 Å². The van der Waals surface area contributed by atoms with Crippen LogP contribution in [0.15, 0.2) is 50.8 Å². The molecule has 0 spiro atoms. The van der Waals surface area contributed by atoms with Crippen LogP contribution in [0, 0.1) is 0 Å². The maximum Gasteiger partial charge on any atom is 0.229 e. The molecule has 1 atom stereocenters. The monoisotopic (exact) mass is 350 g/mol. The summed E-state index contributed by atoms with van der Waals surface area (Å²) in [7, 11) is 0. The molecule has 20 heavy (non-hydrogen) atoms. The van der Waals surface area contributed by atoms with Gasteiger partial charge < -0.3 is 9.63 Å². The van der Waals surface area contributed by atoms with E-state index in [0.717, 1.165) is 14.9 Å². The SMILES string of the molecule is OC(Cc1nc(-c2cc(Br)cs2)no1)c1ccccc1. The molecule has 4 nitrogen and oxygen atoms in total. The Hall–Kier alpha value is -1.50. The second-order valence-electron chi connectivity index (χ2n) is 4.27. The van der Waals surface area contributed by atoms with E-state index in [9.17, 15) is 5.11 Å². The van der Waals surface area contributed by atoms with Gasteiger partial charge in [-0.25, -0.2) is 0 Å². The number of hydrogen-bond acceptors (Lipinski definition) is 5. The van der Waals surface area contributed by atoms with E-state index in [-0.39, 0.29) is 0 Å². The summed E-state index contributed by atoms with van der Waals surface area (Å²) in [4.78, 5) is 5.24. The van der Waals surface area contributed by atoms with E-state index in [1.807, 2.05) is 41.8 Å². The molecule has 0 aliphatic rings. The first kappa shape index (κ1) is 13.5. The van der Waals surface area contributed by atoms with Crippen molar-refractivity contribution < 1.29 is 9.63 Å². The second-order valence-corrected chi connectivity index (χ2v) is 6.10. The van der Waals surface area contributed by atoms with Crippen molar-refractivity contribution in [3.05, 3.63) is 57.7 Å². The molecular weight excluding hydrogens is 340 g/mol. The van der Waals surface area contributed by atoms with Gasteiger partial charge in [0, 0.05) is 9.85 Å². The molecule has 1 N–H and O–H groups in total. The van der Waals surface area contributed by atoms with Gasteiger partial charge in [0.15, 0.2) is 0 Å². The van der Waals surface area contributed by atoms with Gasteiger partial charge in [-0.2, -0.15) is 4.98 Å². The van der Waals surface area contributed by atoms with Gasteiger partial charge in [-0.05, 0) is 27.6 Å². The molecule has 0 aliphatic heterocycles. The summed E-state index contributed by atoms with van der Waals surface area (Å²) < 4.78 is 6.18. The molecule has 3 aromatic rings. The third kappa shape index (κ3) is 2.98. The Morgan fingerprint density at radius 2 is 2.10 bits per heavy atom. The maximum atomic E-state index is 10.1. The molecule has 3 rings (SSSR count). The highest BCUT2D eigenvalue weighted by atomic mass is 79.9. The predicted molar refractivity (Wildman–Crippen MR) is 80.4 cm³/mol. The van der Waals surface area contributed by atoms with Crippen LogP contribution in [-0.2, 0) is 6.42 Å². The van der Waals surface area contributed by atoms with Gasteiger partial charge in [-0.15, -0.1) is 11.3 Å². The number of thiophene rings is 1. The fraction of sp³-hybridized carbons (Fsp3) is 0.143. The lowest BCUT2D eigenvalue weighted by molar-refractivity contribution is 0.165. The van der Waals surface area contributed by atoms with Gasteiger partial charge in [0.2, 0.25) is 11.7 Å². The first-order valence-corrected chi connectivity index (χ1v) is 7.69. The zero-order chi connectivity index (χ0) is 13.9. The van der Waals surface area contributed by atoms with Crippen molar-refractivity contribution in [2.45, 2.75) is 12.5 Å². The van der Waals surface area contributed by atoms with E-state index >= 15 is 0 Å². The molecule has 6 heteroatoms. The number of aliphatic hydroxyl groups is 1. The van der Waals surface area contributed by atoms with Gasteiger partial charge >= 0.3 is 0 Å². The molecule has 0 radical (unpaired) electrons. The fourth-order valence-electron chi connectivity index (χ4n) is 1.83. The zero-order valence-corrected chi connectivity index (χ0v) is 12.8. The molecule has 0 saturated heterocycles. The van der Waals surface area contributed by atoms with Gasteiger partial charge in [-0.1, -0.05) is 35.5 Å². The standard InChI is InChI=1S/C14H11BrN2O2S/c15-10-6-12(20-8-10)14-16-13(19-17-14)7-11(18)9-4-2-1-3-5-9/h1-6,8,11,18H,7H2. The summed E-state index contributed by atoms with van der Waals surface area (Å²) >= 11 is 4.93. The molecule has 1 unspecified atom stereocenters. The molecular formula is C14H11BrN2O2S. The van der Waals surface area contributed by atoms with E-state index < -0.39 is 6.10 Å². The van der Waals surface area contributed by atoms with E-state index in [1.165, 1.54) is 11.3 Å². The van der Waals surface area contributed by atoms with Crippen LogP contribution in [0.5, 0.6) is 0 Å². The highest BCUT2D eigenvalue weighted by Crippen LogP contribution is 2.28. The number of hydrogen-bond donors (Lipinski definition) is 1. The minimum atomic E-state index is -0.639. The van der Waals surface area contributed by atoms with Crippen LogP contribution in [0.4, 0.5) is 0 Å². The quantitative estimate of drug-likeness (QED) is 0.776. The number of rotatable bonds is 4. The molecule has 0 aliphatic carbocycles. The van der Waals surface area contributed by atoms with E-state index in [1.54, 1.807) is 0 Å². The van der Waals surface area contributed by atoms with Gasteiger partial charge in [-0.3, -0.25) is 0 Å². The van der Waals surface area contributed by atoms with Crippen molar-refractivity contribution in [3.63, 3.8) is 0 Å². The summed E-state index contributed by atoms with van der Waals surface area (Å²) in [5.74, 6) is 0.983. The Morgan fingerprint density at radius 3 is 2.80 bits per heavy atom. The zero-order valence-electron chi connectivity index (χ0n) is 10.4. The molecule has 0 bridgehead atoms. The van der Waals surface area contributed by atoms with Crippen LogP contribution in [0.2, 0.25) is 0 Å². The Labute approximate surface area is 128 Å². The third-order valence-electron chi connectivity index (χ3n) is 2.81. The van der Waals surface area contributed by atoms with Crippen molar-refractivity contribution in [3.8, 4) is 10.7 Å². The van der Waals surface area contributed by atoms with Crippen molar-refractivity contribution in [1.29, 1.82) is 0 Å². The average molecular weight is 351 g/mol. The predicted octanol–water partition coefficient (Wildman–Crippen LogP) is 3.84. The summed E-state index contributed by atoms with van der Waals surface area (Å²) in [5.41, 5.74) is 0.839. The van der Waals surface area contributed by atoms with Crippen LogP contribution in [0.1, 0.15) is 17.6 Å². The smallest absolute Gasteiger partial charge is 0.229 e. The largest absolute Gasteiger partial charge is 0.388 e. The lowest BCUT2D eigenvalue weighted by atomic mass is 10.1. The number of halogens is 1. The Morgan fingerprint density at radius 1 is 1.30 bits per heavy atom. The molecule has 0 fully saturated rings. The van der Waals surface area contributed by atoms with Gasteiger partial charge in [0.1, 0.15) is 0 Å². The average Bonchev–Trinajstić information content (AvgIpc) is 3.09. The fourth-order valence-corrected chi connectivity index (χ4v) is 3.18. The molecule has 2 aromatic heterocycles. The topological polar surface area (TPSA) is 59.2 Å². The maximum absolute atomic E-state index is 10.1. The Kier molecular flexibility index (Phi) is 3.95. The summed E-state index contributed by atoms with van der Waals surface area (Å²) in [6.07, 6.45) is -0.330. The van der Waals surface area contributed by atoms with Crippen molar-refractivity contribution in [2.75, 3.05) is 0 Å². The van der Waals surface area contributed by atoms with Gasteiger partial charge in [0.05, 0.1) is 17.4 Å². The molecule has 1 aromatic carbocycles. The van der Waals surface area contributed by atoms with Crippen LogP contribution in [-0.4, -0.2) is 15.2 Å². The van der Waals surface area contributed by atoms with Crippen LogP contribution in [0.25, 0.3) is 10.7 Å². The molecule has 0 saturated carbocycles. The second kappa shape index (κ2) is 5.87. The van der Waals surface area contributed by atoms with E-state index in [0.29, 0.717) is 18.1 Å². The van der Waals surface area contributed by atoms with E-state index in [4.69, 9.17) is 4.52 Å². The number of nitrogens with zero attached hydrogens (tertiary/aromatic N) is 2. The van der Waals surface area contributed by atoms with E-state index in [2.05, 4.69) is 26.1 Å². The number of benzene rings is 1. The highest BCUT2D eigenvalue weighted by molar-refractivity contribution is 9.10. The van der Waals surface area contributed by atoms with Gasteiger partial charge in [0.25, 0.3) is 0 Å². The van der Waals surface area contributed by atoms with Crippen molar-refractivity contribution >= 4 is 27.3 Å². The summed E-state index contributed by atoms with van der Waals surface area (Å²) in [6, 6.07) is 11.4. The lowest BCUT2D eigenvalue weighted by Crippen LogP contribution is -2.01. The lowest BCUT2D eigenvalue weighted by Gasteiger charge is -2.07. The minimum Gasteiger partial charge on any atom is -0.388 e. The first-order chi connectivity index (χ1) is 9.72. The summed E-state index contributed by atoms with van der Waals surface area (Å²) in [6.45, 7) is 0. The molecule has 2 heterocycles. The third-order valence-corrected chi connectivity index (χ3v) is 4.50. The normalized spacial score (nSPS) is 12.5. The van der Waals surface area contributed by atoms with Crippen LogP contribution >= 0.6 is 27.3 Å². The van der Waals surface area contributed by atoms with Crippen LogP contribution < -0.4 is 0 Å². The van der Waals surface area contributed by atoms with Crippen molar-refractivity contribution in [2.24, 2.45) is 0 Å². The van der Waals surface area contributed by atoms with Crippen molar-refractivity contribution in [1.82, 2.24) is 10.1 Å². The highest BCUT2D eigenvalue weighted by Gasteiger charge is 2.15. The summed E-state index contributed by atoms with van der Waals surface area (Å²) in [5, 5.41) is 16.0. The number of aromatic nitrogens is 2.